The number of hydrogen-bond acceptors (Lipinski definition) is 4. The van der Waals surface area contributed by atoms with E-state index in [1.54, 1.807) is 32.2 Å². The molecule has 1 unspecified atom stereocenters. The molecule has 1 amide bonds. The van der Waals surface area contributed by atoms with Crippen molar-refractivity contribution < 1.29 is 14.3 Å². The molecule has 1 rings (SSSR count). The Morgan fingerprint density at radius 3 is 2.58 bits per heavy atom. The number of carbonyl (C=O) groups is 1. The molecule has 19 heavy (non-hydrogen) atoms. The average molecular weight is 266 g/mol. The van der Waals surface area contributed by atoms with Crippen molar-refractivity contribution in [3.8, 4) is 11.5 Å². The Morgan fingerprint density at radius 1 is 1.37 bits per heavy atom. The van der Waals surface area contributed by atoms with Gasteiger partial charge in [0, 0.05) is 18.5 Å². The van der Waals surface area contributed by atoms with Crippen LogP contribution in [0.15, 0.2) is 18.2 Å². The summed E-state index contributed by atoms with van der Waals surface area (Å²) in [7, 11) is 1.58. The number of anilines is 1. The van der Waals surface area contributed by atoms with Crippen molar-refractivity contribution in [2.75, 3.05) is 19.0 Å². The van der Waals surface area contributed by atoms with Crippen LogP contribution in [0, 0.1) is 5.92 Å². The molecule has 0 saturated heterocycles. The van der Waals surface area contributed by atoms with Crippen LogP contribution in [0.3, 0.4) is 0 Å². The highest BCUT2D eigenvalue weighted by atomic mass is 16.5. The highest BCUT2D eigenvalue weighted by molar-refractivity contribution is 5.94. The highest BCUT2D eigenvalue weighted by Crippen LogP contribution is 2.30. The Labute approximate surface area is 114 Å². The molecule has 0 heterocycles. The van der Waals surface area contributed by atoms with E-state index in [1.165, 1.54) is 0 Å². The maximum atomic E-state index is 11.9. The molecule has 0 aliphatic carbocycles. The standard InChI is InChI=1S/C14H22N2O3/c1-9(2)19-13-6-5-11(18-4)7-12(13)16-14(17)10(3)8-15/h5-7,9-10H,8,15H2,1-4H3,(H,16,17). The van der Waals surface area contributed by atoms with E-state index in [4.69, 9.17) is 15.2 Å². The average Bonchev–Trinajstić information content (AvgIpc) is 2.39. The summed E-state index contributed by atoms with van der Waals surface area (Å²) in [4.78, 5) is 11.9. The van der Waals surface area contributed by atoms with Gasteiger partial charge in [0.1, 0.15) is 11.5 Å². The van der Waals surface area contributed by atoms with Crippen molar-refractivity contribution in [3.05, 3.63) is 18.2 Å². The lowest BCUT2D eigenvalue weighted by atomic mass is 10.1. The van der Waals surface area contributed by atoms with Crippen molar-refractivity contribution in [1.82, 2.24) is 0 Å². The summed E-state index contributed by atoms with van der Waals surface area (Å²) in [5, 5.41) is 2.82. The van der Waals surface area contributed by atoms with Gasteiger partial charge in [-0.2, -0.15) is 0 Å². The second-order valence-corrected chi connectivity index (χ2v) is 4.65. The Balaban J connectivity index is 2.97. The van der Waals surface area contributed by atoms with Gasteiger partial charge in [-0.1, -0.05) is 6.92 Å². The first-order valence-electron chi connectivity index (χ1n) is 6.33. The molecule has 5 heteroatoms. The van der Waals surface area contributed by atoms with Crippen molar-refractivity contribution in [3.63, 3.8) is 0 Å². The van der Waals surface area contributed by atoms with Crippen LogP contribution < -0.4 is 20.5 Å². The summed E-state index contributed by atoms with van der Waals surface area (Å²) in [5.41, 5.74) is 6.08. The number of nitrogens with two attached hydrogens (primary N) is 1. The van der Waals surface area contributed by atoms with Gasteiger partial charge in [0.2, 0.25) is 5.91 Å². The van der Waals surface area contributed by atoms with Crippen molar-refractivity contribution in [1.29, 1.82) is 0 Å². The van der Waals surface area contributed by atoms with Gasteiger partial charge in [-0.3, -0.25) is 4.79 Å². The van der Waals surface area contributed by atoms with E-state index in [0.29, 0.717) is 23.7 Å². The molecular formula is C14H22N2O3. The zero-order valence-electron chi connectivity index (χ0n) is 11.9. The molecule has 0 bridgehead atoms. The second-order valence-electron chi connectivity index (χ2n) is 4.65. The van der Waals surface area contributed by atoms with E-state index < -0.39 is 0 Å². The molecule has 0 radical (unpaired) electrons. The van der Waals surface area contributed by atoms with Crippen LogP contribution in [0.1, 0.15) is 20.8 Å². The molecule has 0 aliphatic heterocycles. The van der Waals surface area contributed by atoms with Crippen molar-refractivity contribution >= 4 is 11.6 Å². The normalized spacial score (nSPS) is 12.1. The minimum absolute atomic E-state index is 0.0241. The lowest BCUT2D eigenvalue weighted by Crippen LogP contribution is -2.27. The van der Waals surface area contributed by atoms with E-state index >= 15 is 0 Å². The lowest BCUT2D eigenvalue weighted by molar-refractivity contribution is -0.119. The van der Waals surface area contributed by atoms with E-state index in [9.17, 15) is 4.79 Å². The van der Waals surface area contributed by atoms with Gasteiger partial charge in [0.05, 0.1) is 18.9 Å². The molecule has 1 atom stereocenters. The molecule has 0 fully saturated rings. The maximum Gasteiger partial charge on any atom is 0.228 e. The van der Waals surface area contributed by atoms with Gasteiger partial charge in [0.15, 0.2) is 0 Å². The Morgan fingerprint density at radius 2 is 2.05 bits per heavy atom. The van der Waals surface area contributed by atoms with E-state index in [2.05, 4.69) is 5.32 Å². The molecule has 106 valence electrons. The summed E-state index contributed by atoms with van der Waals surface area (Å²) < 4.78 is 10.8. The first-order chi connectivity index (χ1) is 8.97. The monoisotopic (exact) mass is 266 g/mol. The van der Waals surface area contributed by atoms with Crippen LogP contribution in [0.5, 0.6) is 11.5 Å². The van der Waals surface area contributed by atoms with Crippen LogP contribution in [-0.2, 0) is 4.79 Å². The Kier molecular flexibility index (Phi) is 5.63. The van der Waals surface area contributed by atoms with Crippen molar-refractivity contribution in [2.24, 2.45) is 11.7 Å². The number of benzene rings is 1. The summed E-state index contributed by atoms with van der Waals surface area (Å²) in [6, 6.07) is 5.31. The molecule has 0 aromatic heterocycles. The smallest absolute Gasteiger partial charge is 0.228 e. The SMILES string of the molecule is COc1ccc(OC(C)C)c(NC(=O)C(C)CN)c1. The lowest BCUT2D eigenvalue weighted by Gasteiger charge is -2.17. The minimum atomic E-state index is -0.252. The first-order valence-corrected chi connectivity index (χ1v) is 6.33. The molecule has 0 spiro atoms. The van der Waals surface area contributed by atoms with Crippen LogP contribution >= 0.6 is 0 Å². The fourth-order valence-corrected chi connectivity index (χ4v) is 1.45. The summed E-state index contributed by atoms with van der Waals surface area (Å²) in [5.74, 6) is 0.891. The second kappa shape index (κ2) is 6.99. The third kappa shape index (κ3) is 4.44. The topological polar surface area (TPSA) is 73.6 Å². The Hall–Kier alpha value is -1.75. The molecule has 0 saturated carbocycles. The van der Waals surface area contributed by atoms with Crippen LogP contribution in [0.2, 0.25) is 0 Å². The zero-order chi connectivity index (χ0) is 14.4. The summed E-state index contributed by atoms with van der Waals surface area (Å²) in [6.45, 7) is 5.94. The molecule has 0 aliphatic rings. The third-order valence-electron chi connectivity index (χ3n) is 2.61. The zero-order valence-corrected chi connectivity index (χ0v) is 11.9. The predicted octanol–water partition coefficient (Wildman–Crippen LogP) is 2.02. The number of rotatable bonds is 6. The van der Waals surface area contributed by atoms with Gasteiger partial charge in [-0.05, 0) is 26.0 Å². The van der Waals surface area contributed by atoms with Crippen molar-refractivity contribution in [2.45, 2.75) is 26.9 Å². The molecular weight excluding hydrogens is 244 g/mol. The Bertz CT molecular complexity index is 433. The van der Waals surface area contributed by atoms with Gasteiger partial charge in [0.25, 0.3) is 0 Å². The molecule has 1 aromatic rings. The largest absolute Gasteiger partial charge is 0.497 e. The van der Waals surface area contributed by atoms with E-state index in [1.807, 2.05) is 13.8 Å². The highest BCUT2D eigenvalue weighted by Gasteiger charge is 2.15. The fourth-order valence-electron chi connectivity index (χ4n) is 1.45. The number of ether oxygens (including phenoxy) is 2. The predicted molar refractivity (Wildman–Crippen MR) is 75.6 cm³/mol. The molecule has 5 nitrogen and oxygen atoms in total. The maximum absolute atomic E-state index is 11.9. The number of amides is 1. The summed E-state index contributed by atoms with van der Waals surface area (Å²) >= 11 is 0. The third-order valence-corrected chi connectivity index (χ3v) is 2.61. The minimum Gasteiger partial charge on any atom is -0.497 e. The van der Waals surface area contributed by atoms with Gasteiger partial charge in [-0.25, -0.2) is 0 Å². The quantitative estimate of drug-likeness (QED) is 0.826. The number of nitrogens with one attached hydrogen (secondary N) is 1. The van der Waals surface area contributed by atoms with E-state index in [-0.39, 0.29) is 17.9 Å². The van der Waals surface area contributed by atoms with Gasteiger partial charge >= 0.3 is 0 Å². The molecule has 3 N–H and O–H groups in total. The van der Waals surface area contributed by atoms with Gasteiger partial charge < -0.3 is 20.5 Å². The number of carbonyl (C=O) groups excluding carboxylic acids is 1. The van der Waals surface area contributed by atoms with Crippen LogP contribution in [-0.4, -0.2) is 25.7 Å². The van der Waals surface area contributed by atoms with Crippen LogP contribution in [0.25, 0.3) is 0 Å². The first kappa shape index (κ1) is 15.3. The summed E-state index contributed by atoms with van der Waals surface area (Å²) in [6.07, 6.45) is 0.0241. The number of methoxy groups -OCH3 is 1. The molecule has 1 aromatic carbocycles. The fraction of sp³-hybridized carbons (Fsp3) is 0.500. The van der Waals surface area contributed by atoms with Crippen LogP contribution in [0.4, 0.5) is 5.69 Å². The van der Waals surface area contributed by atoms with E-state index in [0.717, 1.165) is 0 Å². The van der Waals surface area contributed by atoms with Gasteiger partial charge in [-0.15, -0.1) is 0 Å². The number of hydrogen-bond donors (Lipinski definition) is 2.